The molecule has 0 aliphatic rings. The minimum atomic E-state index is -0.426. The van der Waals surface area contributed by atoms with Crippen LogP contribution >= 0.6 is 0 Å². The van der Waals surface area contributed by atoms with E-state index in [1.165, 1.54) is 19.6 Å². The third kappa shape index (κ3) is 3.88. The molecule has 0 spiro atoms. The van der Waals surface area contributed by atoms with Crippen molar-refractivity contribution < 1.29 is 18.7 Å². The first-order chi connectivity index (χ1) is 10.6. The average Bonchev–Trinajstić information content (AvgIpc) is 3.06. The van der Waals surface area contributed by atoms with Gasteiger partial charge in [-0.25, -0.2) is 4.79 Å². The van der Waals surface area contributed by atoms with Crippen molar-refractivity contribution >= 4 is 23.3 Å². The van der Waals surface area contributed by atoms with Gasteiger partial charge in [0.2, 0.25) is 0 Å². The molecule has 0 aliphatic heterocycles. The van der Waals surface area contributed by atoms with Crippen molar-refractivity contribution in [3.05, 3.63) is 48.4 Å². The smallest absolute Gasteiger partial charge is 0.328 e. The zero-order valence-electron chi connectivity index (χ0n) is 12.5. The van der Waals surface area contributed by atoms with Gasteiger partial charge in [0.05, 0.1) is 18.9 Å². The maximum atomic E-state index is 12.0. The van der Waals surface area contributed by atoms with Gasteiger partial charge >= 0.3 is 5.97 Å². The molecule has 22 heavy (non-hydrogen) atoms. The molecule has 0 bridgehead atoms. The van der Waals surface area contributed by atoms with Crippen LogP contribution in [0.25, 0.3) is 0 Å². The molecule has 6 heteroatoms. The van der Waals surface area contributed by atoms with Crippen LogP contribution in [0.1, 0.15) is 23.7 Å². The Morgan fingerprint density at radius 1 is 1.27 bits per heavy atom. The minimum absolute atomic E-state index is 0.258. The average molecular weight is 302 g/mol. The molecule has 0 saturated carbocycles. The minimum Gasteiger partial charge on any atom is -0.472 e. The number of carbonyl (C=O) groups is 2. The molecule has 2 N–H and O–H groups in total. The standard InChI is InChI=1S/C16H18N2O4/c1-3-14(16(20)21-2)17-12-5-4-6-13(9-12)18-15(19)11-7-8-22-10-11/h4-10,14,17H,3H2,1-2H3,(H,18,19)/t14-/m1/s1. The van der Waals surface area contributed by atoms with E-state index in [4.69, 9.17) is 9.15 Å². The predicted molar refractivity (Wildman–Crippen MR) is 82.8 cm³/mol. The number of benzene rings is 1. The Labute approximate surface area is 128 Å². The zero-order valence-corrected chi connectivity index (χ0v) is 12.5. The largest absolute Gasteiger partial charge is 0.472 e. The summed E-state index contributed by atoms with van der Waals surface area (Å²) in [4.78, 5) is 23.6. The lowest BCUT2D eigenvalue weighted by Gasteiger charge is -2.16. The highest BCUT2D eigenvalue weighted by atomic mass is 16.5. The number of hydrogen-bond acceptors (Lipinski definition) is 5. The van der Waals surface area contributed by atoms with Crippen molar-refractivity contribution in [3.8, 4) is 0 Å². The Balaban J connectivity index is 2.06. The second kappa shape index (κ2) is 7.31. The van der Waals surface area contributed by atoms with E-state index in [-0.39, 0.29) is 11.9 Å². The van der Waals surface area contributed by atoms with Gasteiger partial charge in [-0.3, -0.25) is 4.79 Å². The summed E-state index contributed by atoms with van der Waals surface area (Å²) in [5, 5.41) is 5.85. The topological polar surface area (TPSA) is 80.6 Å². The number of hydrogen-bond donors (Lipinski definition) is 2. The summed E-state index contributed by atoms with van der Waals surface area (Å²) in [5.74, 6) is -0.582. The predicted octanol–water partition coefficient (Wildman–Crippen LogP) is 2.90. The quantitative estimate of drug-likeness (QED) is 0.802. The lowest BCUT2D eigenvalue weighted by atomic mass is 10.2. The van der Waals surface area contributed by atoms with E-state index in [9.17, 15) is 9.59 Å². The number of nitrogens with one attached hydrogen (secondary N) is 2. The number of anilines is 2. The molecule has 0 fully saturated rings. The summed E-state index contributed by atoms with van der Waals surface area (Å²) in [6.45, 7) is 1.89. The van der Waals surface area contributed by atoms with Crippen LogP contribution in [-0.2, 0) is 9.53 Å². The van der Waals surface area contributed by atoms with Crippen LogP contribution in [0, 0.1) is 0 Å². The molecule has 1 amide bonds. The van der Waals surface area contributed by atoms with E-state index in [2.05, 4.69) is 10.6 Å². The van der Waals surface area contributed by atoms with Gasteiger partial charge in [-0.1, -0.05) is 13.0 Å². The first-order valence-electron chi connectivity index (χ1n) is 6.92. The summed E-state index contributed by atoms with van der Waals surface area (Å²) >= 11 is 0. The summed E-state index contributed by atoms with van der Waals surface area (Å²) in [5.41, 5.74) is 1.79. The van der Waals surface area contributed by atoms with Gasteiger partial charge < -0.3 is 19.8 Å². The normalized spacial score (nSPS) is 11.5. The fourth-order valence-electron chi connectivity index (χ4n) is 1.95. The molecule has 0 radical (unpaired) electrons. The summed E-state index contributed by atoms with van der Waals surface area (Å²) in [6, 6.07) is 8.29. The Morgan fingerprint density at radius 2 is 2.05 bits per heavy atom. The molecular weight excluding hydrogens is 284 g/mol. The number of amides is 1. The lowest BCUT2D eigenvalue weighted by Crippen LogP contribution is -2.29. The Kier molecular flexibility index (Phi) is 5.19. The summed E-state index contributed by atoms with van der Waals surface area (Å²) in [7, 11) is 1.36. The van der Waals surface area contributed by atoms with Crippen LogP contribution in [0.3, 0.4) is 0 Å². The molecular formula is C16H18N2O4. The Morgan fingerprint density at radius 3 is 2.68 bits per heavy atom. The van der Waals surface area contributed by atoms with Gasteiger partial charge in [-0.05, 0) is 30.7 Å². The number of ether oxygens (including phenoxy) is 1. The number of carbonyl (C=O) groups excluding carboxylic acids is 2. The maximum Gasteiger partial charge on any atom is 0.328 e. The van der Waals surface area contributed by atoms with Crippen molar-refractivity contribution in [1.29, 1.82) is 0 Å². The van der Waals surface area contributed by atoms with Gasteiger partial charge in [-0.15, -0.1) is 0 Å². The molecule has 0 saturated heterocycles. The Hall–Kier alpha value is -2.76. The summed E-state index contributed by atoms with van der Waals surface area (Å²) in [6.07, 6.45) is 3.41. The first-order valence-corrected chi connectivity index (χ1v) is 6.92. The maximum absolute atomic E-state index is 12.0. The molecule has 1 aromatic carbocycles. The molecule has 2 rings (SSSR count). The second-order valence-electron chi connectivity index (χ2n) is 4.68. The van der Waals surface area contributed by atoms with E-state index in [0.29, 0.717) is 17.7 Å². The zero-order chi connectivity index (χ0) is 15.9. The molecule has 6 nitrogen and oxygen atoms in total. The highest BCUT2D eigenvalue weighted by molar-refractivity contribution is 6.04. The fraction of sp³-hybridized carbons (Fsp3) is 0.250. The van der Waals surface area contributed by atoms with Crippen LogP contribution in [0.15, 0.2) is 47.3 Å². The number of furan rings is 1. The van der Waals surface area contributed by atoms with Crippen LogP contribution in [0.4, 0.5) is 11.4 Å². The van der Waals surface area contributed by atoms with Gasteiger partial charge in [0.25, 0.3) is 5.91 Å². The van der Waals surface area contributed by atoms with Crippen molar-refractivity contribution in [3.63, 3.8) is 0 Å². The van der Waals surface area contributed by atoms with E-state index >= 15 is 0 Å². The van der Waals surface area contributed by atoms with Crippen molar-refractivity contribution in [2.45, 2.75) is 19.4 Å². The SMILES string of the molecule is CC[C@@H](Nc1cccc(NC(=O)c2ccoc2)c1)C(=O)OC. The monoisotopic (exact) mass is 302 g/mol. The van der Waals surface area contributed by atoms with Crippen molar-refractivity contribution in [2.24, 2.45) is 0 Å². The highest BCUT2D eigenvalue weighted by Gasteiger charge is 2.16. The molecule has 2 aromatic rings. The third-order valence-electron chi connectivity index (χ3n) is 3.14. The Bertz CT molecular complexity index is 637. The molecule has 0 unspecified atom stereocenters. The van der Waals surface area contributed by atoms with Crippen LogP contribution in [0.2, 0.25) is 0 Å². The van der Waals surface area contributed by atoms with E-state index < -0.39 is 6.04 Å². The van der Waals surface area contributed by atoms with Crippen LogP contribution in [-0.4, -0.2) is 25.0 Å². The second-order valence-corrected chi connectivity index (χ2v) is 4.68. The number of esters is 1. The van der Waals surface area contributed by atoms with Gasteiger partial charge in [0.15, 0.2) is 0 Å². The third-order valence-corrected chi connectivity index (χ3v) is 3.14. The van der Waals surface area contributed by atoms with E-state index in [0.717, 1.165) is 5.69 Å². The van der Waals surface area contributed by atoms with Crippen molar-refractivity contribution in [2.75, 3.05) is 17.7 Å². The van der Waals surface area contributed by atoms with Crippen molar-refractivity contribution in [1.82, 2.24) is 0 Å². The first kappa shape index (κ1) is 15.6. The molecule has 1 atom stereocenters. The lowest BCUT2D eigenvalue weighted by molar-refractivity contribution is -0.141. The molecule has 1 heterocycles. The molecule has 116 valence electrons. The number of methoxy groups -OCH3 is 1. The van der Waals surface area contributed by atoms with E-state index in [1.807, 2.05) is 13.0 Å². The van der Waals surface area contributed by atoms with Gasteiger partial charge in [-0.2, -0.15) is 0 Å². The number of rotatable bonds is 6. The molecule has 0 aliphatic carbocycles. The van der Waals surface area contributed by atoms with Crippen LogP contribution < -0.4 is 10.6 Å². The van der Waals surface area contributed by atoms with Crippen LogP contribution in [0.5, 0.6) is 0 Å². The molecule has 1 aromatic heterocycles. The van der Waals surface area contributed by atoms with E-state index in [1.54, 1.807) is 24.3 Å². The van der Waals surface area contributed by atoms with Gasteiger partial charge in [0, 0.05) is 11.4 Å². The van der Waals surface area contributed by atoms with Gasteiger partial charge in [0.1, 0.15) is 12.3 Å². The fourth-order valence-corrected chi connectivity index (χ4v) is 1.95. The summed E-state index contributed by atoms with van der Waals surface area (Å²) < 4.78 is 9.62. The highest BCUT2D eigenvalue weighted by Crippen LogP contribution is 2.18.